The van der Waals surface area contributed by atoms with Crippen LogP contribution in [0.2, 0.25) is 0 Å². The summed E-state index contributed by atoms with van der Waals surface area (Å²) >= 11 is 0. The van der Waals surface area contributed by atoms with Crippen LogP contribution in [0.15, 0.2) is 59.0 Å². The van der Waals surface area contributed by atoms with Crippen LogP contribution >= 0.6 is 0 Å². The van der Waals surface area contributed by atoms with Crippen molar-refractivity contribution in [2.75, 3.05) is 5.32 Å². The van der Waals surface area contributed by atoms with Crippen molar-refractivity contribution in [1.82, 2.24) is 4.98 Å². The molecule has 7 nitrogen and oxygen atoms in total. The third-order valence-corrected chi connectivity index (χ3v) is 3.36. The van der Waals surface area contributed by atoms with E-state index in [9.17, 15) is 15.4 Å². The van der Waals surface area contributed by atoms with Gasteiger partial charge in [-0.25, -0.2) is 0 Å². The number of rotatable bonds is 5. The van der Waals surface area contributed by atoms with E-state index >= 15 is 0 Å². The summed E-state index contributed by atoms with van der Waals surface area (Å²) in [6.07, 6.45) is 0. The summed E-state index contributed by atoms with van der Waals surface area (Å²) in [6, 6.07) is 17.6. The normalized spacial score (nSPS) is 10.1. The number of aromatic nitrogens is 1. The van der Waals surface area contributed by atoms with Crippen molar-refractivity contribution >= 4 is 11.6 Å². The lowest BCUT2D eigenvalue weighted by atomic mass is 10.2. The van der Waals surface area contributed by atoms with E-state index in [-0.39, 0.29) is 28.7 Å². The number of hydrogen-bond donors (Lipinski definition) is 1. The second-order valence-corrected chi connectivity index (χ2v) is 4.92. The Balaban J connectivity index is 1.91. The van der Waals surface area contributed by atoms with Crippen molar-refractivity contribution in [2.24, 2.45) is 0 Å². The van der Waals surface area contributed by atoms with Gasteiger partial charge in [0.25, 0.3) is 5.69 Å². The first kappa shape index (κ1) is 15.2. The number of oxazole rings is 1. The van der Waals surface area contributed by atoms with Crippen LogP contribution in [0.25, 0.3) is 11.5 Å². The zero-order valence-corrected chi connectivity index (χ0v) is 12.5. The summed E-state index contributed by atoms with van der Waals surface area (Å²) in [5, 5.41) is 23.3. The molecule has 1 heterocycles. The first-order chi connectivity index (χ1) is 11.7. The Morgan fingerprint density at radius 1 is 1.17 bits per heavy atom. The van der Waals surface area contributed by atoms with E-state index < -0.39 is 4.92 Å². The number of nitrogens with one attached hydrogen (secondary N) is 1. The number of anilines is 1. The van der Waals surface area contributed by atoms with Gasteiger partial charge in [-0.05, 0) is 11.6 Å². The van der Waals surface area contributed by atoms with Gasteiger partial charge in [0.05, 0.1) is 4.92 Å². The van der Waals surface area contributed by atoms with Crippen molar-refractivity contribution in [2.45, 2.75) is 6.54 Å². The number of benzene rings is 2. The van der Waals surface area contributed by atoms with Crippen LogP contribution in [0.3, 0.4) is 0 Å². The lowest BCUT2D eigenvalue weighted by Crippen LogP contribution is -1.99. The Hall–Kier alpha value is -3.66. The molecular weight excluding hydrogens is 308 g/mol. The second-order valence-electron chi connectivity index (χ2n) is 4.92. The smallest absolute Gasteiger partial charge is 0.282 e. The Morgan fingerprint density at radius 3 is 2.58 bits per heavy atom. The number of nitro groups is 1. The molecule has 3 rings (SSSR count). The summed E-state index contributed by atoms with van der Waals surface area (Å²) in [5.74, 6) is 0.226. The van der Waals surface area contributed by atoms with Gasteiger partial charge >= 0.3 is 0 Å². The number of nitrogens with zero attached hydrogens (tertiary/aromatic N) is 3. The van der Waals surface area contributed by atoms with Crippen molar-refractivity contribution in [3.8, 4) is 17.5 Å². The largest absolute Gasteiger partial charge is 0.419 e. The highest BCUT2D eigenvalue weighted by Gasteiger charge is 2.21. The molecule has 1 aromatic heterocycles. The summed E-state index contributed by atoms with van der Waals surface area (Å²) < 4.78 is 5.56. The fraction of sp³-hybridized carbons (Fsp3) is 0.0588. The number of para-hydroxylation sites is 1. The van der Waals surface area contributed by atoms with E-state index in [2.05, 4.69) is 10.3 Å². The van der Waals surface area contributed by atoms with Crippen LogP contribution in [0.5, 0.6) is 0 Å². The van der Waals surface area contributed by atoms with Crippen molar-refractivity contribution in [3.63, 3.8) is 0 Å². The molecule has 0 spiro atoms. The second kappa shape index (κ2) is 6.62. The van der Waals surface area contributed by atoms with Crippen LogP contribution < -0.4 is 5.32 Å². The van der Waals surface area contributed by atoms with Gasteiger partial charge < -0.3 is 9.73 Å². The van der Waals surface area contributed by atoms with Crippen LogP contribution in [-0.4, -0.2) is 9.91 Å². The molecule has 0 aliphatic carbocycles. The Labute approximate surface area is 137 Å². The van der Waals surface area contributed by atoms with Gasteiger partial charge in [0.2, 0.25) is 17.5 Å². The number of hydrogen-bond acceptors (Lipinski definition) is 6. The molecule has 3 aromatic rings. The Kier molecular flexibility index (Phi) is 4.21. The molecule has 7 heteroatoms. The maximum atomic E-state index is 11.1. The quantitative estimate of drug-likeness (QED) is 0.567. The molecule has 1 N–H and O–H groups in total. The lowest BCUT2D eigenvalue weighted by Gasteiger charge is -2.02. The van der Waals surface area contributed by atoms with Crippen molar-refractivity contribution in [3.05, 3.63) is 76.0 Å². The van der Waals surface area contributed by atoms with Gasteiger partial charge in [-0.1, -0.05) is 42.5 Å². The molecule has 24 heavy (non-hydrogen) atoms. The van der Waals surface area contributed by atoms with E-state index in [1.165, 1.54) is 12.1 Å². The number of nitriles is 1. The van der Waals surface area contributed by atoms with E-state index in [1.807, 2.05) is 36.4 Å². The number of nitro benzene ring substituents is 1. The predicted molar refractivity (Wildman–Crippen MR) is 87.1 cm³/mol. The zero-order chi connectivity index (χ0) is 16.9. The van der Waals surface area contributed by atoms with Crippen LogP contribution in [0.1, 0.15) is 11.3 Å². The average molecular weight is 320 g/mol. The zero-order valence-electron chi connectivity index (χ0n) is 12.5. The molecule has 0 amide bonds. The summed E-state index contributed by atoms with van der Waals surface area (Å²) in [6.45, 7) is 0.445. The lowest BCUT2D eigenvalue weighted by molar-refractivity contribution is -0.384. The molecule has 118 valence electrons. The maximum Gasteiger partial charge on any atom is 0.282 e. The highest BCUT2D eigenvalue weighted by atomic mass is 16.6. The molecule has 0 atom stereocenters. The van der Waals surface area contributed by atoms with Gasteiger partial charge in [-0.2, -0.15) is 10.2 Å². The minimum atomic E-state index is -0.511. The Morgan fingerprint density at radius 2 is 1.88 bits per heavy atom. The molecule has 0 bridgehead atoms. The molecule has 0 saturated heterocycles. The average Bonchev–Trinajstić information content (AvgIpc) is 3.04. The van der Waals surface area contributed by atoms with Crippen LogP contribution in [0.4, 0.5) is 11.6 Å². The van der Waals surface area contributed by atoms with E-state index in [4.69, 9.17) is 4.42 Å². The fourth-order valence-corrected chi connectivity index (χ4v) is 2.22. The fourth-order valence-electron chi connectivity index (χ4n) is 2.22. The molecule has 0 fully saturated rings. The highest BCUT2D eigenvalue weighted by Crippen LogP contribution is 2.32. The van der Waals surface area contributed by atoms with Gasteiger partial charge in [-0.15, -0.1) is 0 Å². The van der Waals surface area contributed by atoms with Crippen LogP contribution in [-0.2, 0) is 6.54 Å². The first-order valence-corrected chi connectivity index (χ1v) is 7.11. The minimum Gasteiger partial charge on any atom is -0.419 e. The van der Waals surface area contributed by atoms with E-state index in [0.29, 0.717) is 6.54 Å². The molecular formula is C17H12N4O3. The Bertz CT molecular complexity index is 913. The maximum absolute atomic E-state index is 11.1. The highest BCUT2D eigenvalue weighted by molar-refractivity contribution is 5.68. The van der Waals surface area contributed by atoms with Gasteiger partial charge in [0, 0.05) is 12.6 Å². The van der Waals surface area contributed by atoms with Crippen molar-refractivity contribution in [1.29, 1.82) is 5.26 Å². The monoisotopic (exact) mass is 320 g/mol. The molecule has 0 aliphatic heterocycles. The first-order valence-electron chi connectivity index (χ1n) is 7.11. The van der Waals surface area contributed by atoms with Gasteiger partial charge in [-0.3, -0.25) is 10.1 Å². The predicted octanol–water partition coefficient (Wildman–Crippen LogP) is 3.73. The van der Waals surface area contributed by atoms with E-state index in [1.54, 1.807) is 12.1 Å². The molecule has 2 aromatic carbocycles. The third kappa shape index (κ3) is 3.08. The summed E-state index contributed by atoms with van der Waals surface area (Å²) in [4.78, 5) is 14.7. The third-order valence-electron chi connectivity index (χ3n) is 3.36. The molecule has 0 radical (unpaired) electrons. The molecule has 0 unspecified atom stereocenters. The van der Waals surface area contributed by atoms with Gasteiger partial charge in [0.15, 0.2) is 0 Å². The SMILES string of the molecule is N#Cc1nc(-c2ccccc2[N+](=O)[O-])oc1NCc1ccccc1. The van der Waals surface area contributed by atoms with E-state index in [0.717, 1.165) is 5.56 Å². The minimum absolute atomic E-state index is 0.0365. The topological polar surface area (TPSA) is 105 Å². The summed E-state index contributed by atoms with van der Waals surface area (Å²) in [7, 11) is 0. The van der Waals surface area contributed by atoms with Crippen LogP contribution in [0, 0.1) is 21.4 Å². The van der Waals surface area contributed by atoms with Gasteiger partial charge in [0.1, 0.15) is 11.6 Å². The summed E-state index contributed by atoms with van der Waals surface area (Å²) in [5.41, 5.74) is 1.16. The standard InChI is InChI=1S/C17H12N4O3/c18-10-14-17(19-11-12-6-2-1-3-7-12)24-16(20-14)13-8-4-5-9-15(13)21(22)23/h1-9,19H,11H2. The van der Waals surface area contributed by atoms with Crippen molar-refractivity contribution < 1.29 is 9.34 Å². The molecule has 0 aliphatic rings. The molecule has 0 saturated carbocycles.